The van der Waals surface area contributed by atoms with Crippen LogP contribution in [0.15, 0.2) is 23.2 Å². The van der Waals surface area contributed by atoms with Gasteiger partial charge in [0.25, 0.3) is 5.91 Å². The Labute approximate surface area is 129 Å². The summed E-state index contributed by atoms with van der Waals surface area (Å²) in [4.78, 5) is 17.1. The molecule has 2 bridgehead atoms. The van der Waals surface area contributed by atoms with Gasteiger partial charge in [0.15, 0.2) is 12.0 Å². The molecule has 6 heteroatoms. The quantitative estimate of drug-likeness (QED) is 0.766. The Morgan fingerprint density at radius 3 is 3.00 bits per heavy atom. The molecule has 5 fully saturated rings. The van der Waals surface area contributed by atoms with Crippen LogP contribution in [0.4, 0.5) is 0 Å². The van der Waals surface area contributed by atoms with Crippen molar-refractivity contribution in [1.82, 2.24) is 9.80 Å². The second kappa shape index (κ2) is 4.26. The zero-order chi connectivity index (χ0) is 15.0. The van der Waals surface area contributed by atoms with E-state index in [2.05, 4.69) is 4.90 Å². The van der Waals surface area contributed by atoms with Crippen molar-refractivity contribution in [3.05, 3.63) is 23.2 Å². The van der Waals surface area contributed by atoms with Crippen LogP contribution >= 0.6 is 0 Å². The number of methoxy groups -OCH3 is 1. The minimum absolute atomic E-state index is 0.0463. The Morgan fingerprint density at radius 1 is 1.41 bits per heavy atom. The second-order valence-corrected chi connectivity index (χ2v) is 6.92. The van der Waals surface area contributed by atoms with Crippen LogP contribution in [-0.2, 0) is 14.3 Å². The van der Waals surface area contributed by atoms with Crippen LogP contribution < -0.4 is 0 Å². The average Bonchev–Trinajstić information content (AvgIpc) is 2.68. The number of ether oxygens (including phenoxy) is 2. The lowest BCUT2D eigenvalue weighted by Crippen LogP contribution is -2.63. The molecule has 3 unspecified atom stereocenters. The normalized spacial score (nSPS) is 42.4. The first-order chi connectivity index (χ1) is 10.7. The van der Waals surface area contributed by atoms with E-state index in [4.69, 9.17) is 9.47 Å². The average molecular weight is 304 g/mol. The van der Waals surface area contributed by atoms with Crippen molar-refractivity contribution in [2.75, 3.05) is 13.7 Å². The predicted octanol–water partition coefficient (Wildman–Crippen LogP) is 0.544. The minimum atomic E-state index is -0.826. The van der Waals surface area contributed by atoms with Gasteiger partial charge in [0.1, 0.15) is 11.8 Å². The summed E-state index contributed by atoms with van der Waals surface area (Å²) in [5, 5.41) is 10.3. The standard InChI is InChI=1S/C16H20N2O4/c1-21-14-12(19)6-9-2-3-11-16-18(15(20)13(14)17(9)11)10-4-8(5-10)7-22-16/h6,8,10-12,16,19H,2-5,7H2,1H3. The summed E-state index contributed by atoms with van der Waals surface area (Å²) in [5.41, 5.74) is 1.56. The highest BCUT2D eigenvalue weighted by molar-refractivity contribution is 5.96. The second-order valence-electron chi connectivity index (χ2n) is 6.92. The molecule has 22 heavy (non-hydrogen) atoms. The molecule has 5 heterocycles. The van der Waals surface area contributed by atoms with Crippen LogP contribution in [0, 0.1) is 5.92 Å². The van der Waals surface area contributed by atoms with Crippen LogP contribution in [0.3, 0.4) is 0 Å². The molecular formula is C16H20N2O4. The summed E-state index contributed by atoms with van der Waals surface area (Å²) in [7, 11) is 1.52. The first kappa shape index (κ1) is 13.0. The largest absolute Gasteiger partial charge is 0.496 e. The topological polar surface area (TPSA) is 62.2 Å². The van der Waals surface area contributed by atoms with E-state index in [0.717, 1.165) is 38.0 Å². The van der Waals surface area contributed by atoms with Crippen molar-refractivity contribution in [3.8, 4) is 0 Å². The van der Waals surface area contributed by atoms with Gasteiger partial charge < -0.3 is 24.4 Å². The Morgan fingerprint density at radius 2 is 2.23 bits per heavy atom. The molecule has 1 amide bonds. The summed E-state index contributed by atoms with van der Waals surface area (Å²) in [6.07, 6.45) is 4.72. The van der Waals surface area contributed by atoms with E-state index in [1.54, 1.807) is 0 Å². The summed E-state index contributed by atoms with van der Waals surface area (Å²) in [5.74, 6) is 0.924. The monoisotopic (exact) mass is 304 g/mol. The molecule has 0 aromatic heterocycles. The first-order valence-electron chi connectivity index (χ1n) is 8.09. The maximum atomic E-state index is 13.1. The van der Waals surface area contributed by atoms with Crippen molar-refractivity contribution >= 4 is 5.91 Å². The van der Waals surface area contributed by atoms with Crippen LogP contribution in [-0.4, -0.2) is 58.9 Å². The summed E-state index contributed by atoms with van der Waals surface area (Å²) in [6.45, 7) is 0.757. The number of aliphatic hydroxyl groups excluding tert-OH is 1. The Balaban J connectivity index is 1.65. The fourth-order valence-electron chi connectivity index (χ4n) is 4.73. The SMILES string of the molecule is COC1=C2C(=O)N3C4CC(COC3C3CCC(=CC1O)N23)C4. The van der Waals surface area contributed by atoms with Crippen LogP contribution in [0.1, 0.15) is 25.7 Å². The number of carbonyl (C=O) groups excluding carboxylic acids is 1. The number of hydrogen-bond donors (Lipinski definition) is 1. The molecule has 4 saturated heterocycles. The van der Waals surface area contributed by atoms with Gasteiger partial charge in [0, 0.05) is 11.7 Å². The highest BCUT2D eigenvalue weighted by Gasteiger charge is 2.56. The maximum absolute atomic E-state index is 13.1. The fourth-order valence-corrected chi connectivity index (χ4v) is 4.73. The van der Waals surface area contributed by atoms with Crippen molar-refractivity contribution in [3.63, 3.8) is 0 Å². The van der Waals surface area contributed by atoms with Crippen molar-refractivity contribution in [2.45, 2.75) is 50.1 Å². The lowest BCUT2D eigenvalue weighted by molar-refractivity contribution is -0.160. The molecule has 1 aliphatic carbocycles. The van der Waals surface area contributed by atoms with E-state index in [1.807, 2.05) is 11.0 Å². The number of aliphatic hydroxyl groups is 1. The Bertz CT molecular complexity index is 607. The van der Waals surface area contributed by atoms with Crippen molar-refractivity contribution in [1.29, 1.82) is 0 Å². The van der Waals surface area contributed by atoms with E-state index >= 15 is 0 Å². The highest BCUT2D eigenvalue weighted by Crippen LogP contribution is 2.48. The van der Waals surface area contributed by atoms with Gasteiger partial charge in [-0.2, -0.15) is 0 Å². The van der Waals surface area contributed by atoms with E-state index in [9.17, 15) is 9.90 Å². The molecular weight excluding hydrogens is 284 g/mol. The number of carbonyl (C=O) groups is 1. The van der Waals surface area contributed by atoms with E-state index < -0.39 is 6.10 Å². The number of piperazine rings is 1. The van der Waals surface area contributed by atoms with E-state index in [-0.39, 0.29) is 24.2 Å². The molecule has 3 atom stereocenters. The number of hydrogen-bond acceptors (Lipinski definition) is 5. The molecule has 0 aromatic carbocycles. The lowest BCUT2D eigenvalue weighted by atomic mass is 9.80. The van der Waals surface area contributed by atoms with E-state index in [1.165, 1.54) is 7.11 Å². The fraction of sp³-hybridized carbons (Fsp3) is 0.688. The number of nitrogens with zero attached hydrogens (tertiary/aromatic N) is 2. The van der Waals surface area contributed by atoms with E-state index in [0.29, 0.717) is 17.4 Å². The molecule has 0 spiro atoms. The molecule has 1 saturated carbocycles. The molecule has 5 aliphatic heterocycles. The first-order valence-corrected chi connectivity index (χ1v) is 8.09. The smallest absolute Gasteiger partial charge is 0.276 e. The van der Waals surface area contributed by atoms with Gasteiger partial charge >= 0.3 is 0 Å². The molecule has 1 N–H and O–H groups in total. The lowest BCUT2D eigenvalue weighted by Gasteiger charge is -2.50. The number of amides is 1. The summed E-state index contributed by atoms with van der Waals surface area (Å²) >= 11 is 0. The van der Waals surface area contributed by atoms with Crippen LogP contribution in [0.5, 0.6) is 0 Å². The van der Waals surface area contributed by atoms with Gasteiger partial charge in [-0.25, -0.2) is 0 Å². The Kier molecular flexibility index (Phi) is 2.51. The van der Waals surface area contributed by atoms with Crippen molar-refractivity contribution < 1.29 is 19.4 Å². The minimum Gasteiger partial charge on any atom is -0.496 e. The number of allylic oxidation sites excluding steroid dienone is 1. The van der Waals surface area contributed by atoms with Crippen molar-refractivity contribution in [2.24, 2.45) is 5.92 Å². The molecule has 6 nitrogen and oxygen atoms in total. The molecule has 0 aromatic rings. The molecule has 6 rings (SSSR count). The van der Waals surface area contributed by atoms with Gasteiger partial charge in [0.05, 0.1) is 19.8 Å². The predicted molar refractivity (Wildman–Crippen MR) is 76.1 cm³/mol. The number of fused-ring (bicyclic) bond motifs is 1. The molecule has 118 valence electrons. The van der Waals surface area contributed by atoms with Gasteiger partial charge in [-0.3, -0.25) is 4.79 Å². The third-order valence-electron chi connectivity index (χ3n) is 5.80. The summed E-state index contributed by atoms with van der Waals surface area (Å²) < 4.78 is 11.5. The third kappa shape index (κ3) is 1.44. The molecule has 6 aliphatic rings. The Hall–Kier alpha value is -1.53. The zero-order valence-corrected chi connectivity index (χ0v) is 12.6. The van der Waals surface area contributed by atoms with Crippen LogP contribution in [0.2, 0.25) is 0 Å². The highest BCUT2D eigenvalue weighted by atomic mass is 16.5. The molecule has 0 radical (unpaired) electrons. The third-order valence-corrected chi connectivity index (χ3v) is 5.80. The number of rotatable bonds is 1. The van der Waals surface area contributed by atoms with Gasteiger partial charge in [-0.05, 0) is 37.7 Å². The van der Waals surface area contributed by atoms with Gasteiger partial charge in [-0.15, -0.1) is 0 Å². The van der Waals surface area contributed by atoms with Crippen LogP contribution in [0.25, 0.3) is 0 Å². The van der Waals surface area contributed by atoms with Gasteiger partial charge in [0.2, 0.25) is 0 Å². The maximum Gasteiger partial charge on any atom is 0.276 e. The summed E-state index contributed by atoms with van der Waals surface area (Å²) in [6, 6.07) is 0.431. The zero-order valence-electron chi connectivity index (χ0n) is 12.6. The van der Waals surface area contributed by atoms with Gasteiger partial charge in [-0.1, -0.05) is 0 Å².